The van der Waals surface area contributed by atoms with E-state index in [1.54, 1.807) is 0 Å². The average molecular weight is 292 g/mol. The molecule has 2 heterocycles. The molecule has 0 aromatic carbocycles. The molecule has 4 nitrogen and oxygen atoms in total. The molecule has 0 bridgehead atoms. The lowest BCUT2D eigenvalue weighted by atomic mass is 10.0. The highest BCUT2D eigenvalue weighted by molar-refractivity contribution is 5.51. The van der Waals surface area contributed by atoms with Gasteiger partial charge in [0, 0.05) is 31.2 Å². The molecule has 2 N–H and O–H groups in total. The van der Waals surface area contributed by atoms with Gasteiger partial charge in [-0.3, -0.25) is 4.68 Å². The Hall–Kier alpha value is -1.03. The van der Waals surface area contributed by atoms with E-state index in [-0.39, 0.29) is 6.04 Å². The Bertz CT molecular complexity index is 452. The summed E-state index contributed by atoms with van der Waals surface area (Å²) in [7, 11) is 2.08. The van der Waals surface area contributed by atoms with E-state index in [2.05, 4.69) is 37.4 Å². The van der Waals surface area contributed by atoms with Crippen molar-refractivity contribution in [3.05, 3.63) is 11.3 Å². The lowest BCUT2D eigenvalue weighted by molar-refractivity contribution is 0.538. The Kier molecular flexibility index (Phi) is 5.68. The van der Waals surface area contributed by atoms with Crippen molar-refractivity contribution in [1.29, 1.82) is 0 Å². The van der Waals surface area contributed by atoms with Crippen molar-refractivity contribution in [2.24, 2.45) is 12.8 Å². The van der Waals surface area contributed by atoms with Gasteiger partial charge in [0.2, 0.25) is 0 Å². The van der Waals surface area contributed by atoms with E-state index in [9.17, 15) is 0 Å². The third-order valence-corrected chi connectivity index (χ3v) is 4.92. The van der Waals surface area contributed by atoms with Gasteiger partial charge in [0.1, 0.15) is 5.82 Å². The van der Waals surface area contributed by atoms with Crippen LogP contribution in [0.5, 0.6) is 0 Å². The highest BCUT2D eigenvalue weighted by atomic mass is 15.4. The molecule has 1 aromatic rings. The molecule has 1 aromatic heterocycles. The lowest BCUT2D eigenvalue weighted by Crippen LogP contribution is -2.37. The number of nitrogens with zero attached hydrogens (tertiary/aromatic N) is 3. The summed E-state index contributed by atoms with van der Waals surface area (Å²) in [6.07, 6.45) is 8.48. The summed E-state index contributed by atoms with van der Waals surface area (Å²) in [6, 6.07) is 0.887. The average Bonchev–Trinajstić information content (AvgIpc) is 2.66. The fraction of sp³-hybridized carbons (Fsp3) is 0.824. The molecule has 0 radical (unpaired) electrons. The maximum absolute atomic E-state index is 6.22. The Morgan fingerprint density at radius 2 is 2.05 bits per heavy atom. The van der Waals surface area contributed by atoms with Crippen LogP contribution in [0, 0.1) is 6.92 Å². The van der Waals surface area contributed by atoms with Crippen molar-refractivity contribution in [3.8, 4) is 0 Å². The Morgan fingerprint density at radius 1 is 1.29 bits per heavy atom. The molecule has 0 saturated carbocycles. The SMILES string of the molecule is CCC(N)Cc1c(C)nn(C)c1N1CCCCCC1CC. The maximum atomic E-state index is 6.22. The van der Waals surface area contributed by atoms with Crippen LogP contribution >= 0.6 is 0 Å². The zero-order valence-electron chi connectivity index (χ0n) is 14.2. The molecule has 0 spiro atoms. The summed E-state index contributed by atoms with van der Waals surface area (Å²) in [4.78, 5) is 2.62. The van der Waals surface area contributed by atoms with Crippen LogP contribution < -0.4 is 10.6 Å². The van der Waals surface area contributed by atoms with Crippen LogP contribution in [0.2, 0.25) is 0 Å². The first-order valence-corrected chi connectivity index (χ1v) is 8.63. The van der Waals surface area contributed by atoms with Gasteiger partial charge in [0.05, 0.1) is 5.69 Å². The van der Waals surface area contributed by atoms with E-state index < -0.39 is 0 Å². The van der Waals surface area contributed by atoms with Crippen molar-refractivity contribution >= 4 is 5.82 Å². The summed E-state index contributed by atoms with van der Waals surface area (Å²) in [5.41, 5.74) is 8.74. The van der Waals surface area contributed by atoms with Crippen LogP contribution in [0.25, 0.3) is 0 Å². The smallest absolute Gasteiger partial charge is 0.130 e. The first-order chi connectivity index (χ1) is 10.1. The zero-order valence-corrected chi connectivity index (χ0v) is 14.2. The van der Waals surface area contributed by atoms with E-state index in [0.29, 0.717) is 6.04 Å². The number of anilines is 1. The number of hydrogen-bond donors (Lipinski definition) is 1. The van der Waals surface area contributed by atoms with Gasteiger partial charge < -0.3 is 10.6 Å². The van der Waals surface area contributed by atoms with Crippen molar-refractivity contribution in [2.75, 3.05) is 11.4 Å². The van der Waals surface area contributed by atoms with Crippen LogP contribution in [0.15, 0.2) is 0 Å². The van der Waals surface area contributed by atoms with Crippen molar-refractivity contribution < 1.29 is 0 Å². The second-order valence-electron chi connectivity index (χ2n) is 6.49. The summed E-state index contributed by atoms with van der Waals surface area (Å²) >= 11 is 0. The Morgan fingerprint density at radius 3 is 2.71 bits per heavy atom. The van der Waals surface area contributed by atoms with Crippen molar-refractivity contribution in [1.82, 2.24) is 9.78 Å². The molecule has 120 valence electrons. The molecule has 2 unspecified atom stereocenters. The monoisotopic (exact) mass is 292 g/mol. The van der Waals surface area contributed by atoms with Gasteiger partial charge in [-0.05, 0) is 39.0 Å². The molecule has 1 saturated heterocycles. The second-order valence-corrected chi connectivity index (χ2v) is 6.49. The molecular formula is C17H32N4. The Labute approximate surface area is 129 Å². The van der Waals surface area contributed by atoms with Gasteiger partial charge in [-0.2, -0.15) is 5.10 Å². The number of nitrogens with two attached hydrogens (primary N) is 1. The third-order valence-electron chi connectivity index (χ3n) is 4.92. The molecular weight excluding hydrogens is 260 g/mol. The number of rotatable bonds is 5. The minimum Gasteiger partial charge on any atom is -0.354 e. The standard InChI is InChI=1S/C17H32N4/c1-5-14(18)12-16-13(3)19-20(4)17(16)21-11-9-7-8-10-15(21)6-2/h14-15H,5-12,18H2,1-4H3. The second kappa shape index (κ2) is 7.30. The molecule has 4 heteroatoms. The summed E-state index contributed by atoms with van der Waals surface area (Å²) < 4.78 is 2.08. The fourth-order valence-electron chi connectivity index (χ4n) is 3.58. The normalized spacial score (nSPS) is 21.4. The van der Waals surface area contributed by atoms with E-state index in [4.69, 9.17) is 10.8 Å². The van der Waals surface area contributed by atoms with E-state index >= 15 is 0 Å². The topological polar surface area (TPSA) is 47.1 Å². The molecule has 21 heavy (non-hydrogen) atoms. The number of aryl methyl sites for hydroxylation is 2. The van der Waals surface area contributed by atoms with Crippen LogP contribution in [0.1, 0.15) is 63.6 Å². The predicted molar refractivity (Wildman–Crippen MR) is 89.8 cm³/mol. The minimum atomic E-state index is 0.235. The van der Waals surface area contributed by atoms with Crippen LogP contribution in [0.3, 0.4) is 0 Å². The Balaban J connectivity index is 2.35. The molecule has 2 atom stereocenters. The number of hydrogen-bond acceptors (Lipinski definition) is 3. The van der Waals surface area contributed by atoms with Crippen LogP contribution in [-0.2, 0) is 13.5 Å². The third kappa shape index (κ3) is 3.60. The van der Waals surface area contributed by atoms with Gasteiger partial charge in [-0.1, -0.05) is 26.7 Å². The number of aromatic nitrogens is 2. The fourth-order valence-corrected chi connectivity index (χ4v) is 3.58. The first kappa shape index (κ1) is 16.3. The summed E-state index contributed by atoms with van der Waals surface area (Å²) in [5.74, 6) is 1.32. The zero-order chi connectivity index (χ0) is 15.4. The van der Waals surface area contributed by atoms with Crippen LogP contribution in [-0.4, -0.2) is 28.4 Å². The summed E-state index contributed by atoms with van der Waals surface area (Å²) in [6.45, 7) is 7.76. The highest BCUT2D eigenvalue weighted by Gasteiger charge is 2.26. The quantitative estimate of drug-likeness (QED) is 0.907. The highest BCUT2D eigenvalue weighted by Crippen LogP contribution is 2.31. The molecule has 1 aliphatic rings. The first-order valence-electron chi connectivity index (χ1n) is 8.63. The largest absolute Gasteiger partial charge is 0.354 e. The van der Waals surface area contributed by atoms with Crippen LogP contribution in [0.4, 0.5) is 5.82 Å². The van der Waals surface area contributed by atoms with Crippen molar-refractivity contribution in [2.45, 2.75) is 77.8 Å². The molecule has 2 rings (SSSR count). The molecule has 1 fully saturated rings. The van der Waals surface area contributed by atoms with Gasteiger partial charge >= 0.3 is 0 Å². The molecule has 1 aliphatic heterocycles. The summed E-state index contributed by atoms with van der Waals surface area (Å²) in [5, 5.41) is 4.69. The van der Waals surface area contributed by atoms with E-state index in [1.165, 1.54) is 43.5 Å². The van der Waals surface area contributed by atoms with Gasteiger partial charge in [0.25, 0.3) is 0 Å². The van der Waals surface area contributed by atoms with E-state index in [0.717, 1.165) is 25.1 Å². The predicted octanol–water partition coefficient (Wildman–Crippen LogP) is 3.17. The van der Waals surface area contributed by atoms with E-state index in [1.807, 2.05) is 0 Å². The molecule has 0 amide bonds. The van der Waals surface area contributed by atoms with Crippen molar-refractivity contribution in [3.63, 3.8) is 0 Å². The lowest BCUT2D eigenvalue weighted by Gasteiger charge is -2.32. The molecule has 0 aliphatic carbocycles. The van der Waals surface area contributed by atoms with Gasteiger partial charge in [-0.15, -0.1) is 0 Å². The minimum absolute atomic E-state index is 0.235. The maximum Gasteiger partial charge on any atom is 0.130 e. The van der Waals surface area contributed by atoms with Gasteiger partial charge in [-0.25, -0.2) is 0 Å². The van der Waals surface area contributed by atoms with Gasteiger partial charge in [0.15, 0.2) is 0 Å².